The van der Waals surface area contributed by atoms with E-state index in [9.17, 15) is 0 Å². The first-order valence-electron chi connectivity index (χ1n) is 11.0. The Morgan fingerprint density at radius 2 is 1.85 bits per heavy atom. The standard InChI is InChI=1S/C26H27ClN4O3/c1-17-7-4-5-8-21(17)22-10-9-18(13-20(22)16-33-3)26-30-24(31-34-26)19-14-23(27)25(29-15-19)28-11-6-12-32-2/h4-5,7-10,13-15H,6,11-12,16H2,1-3H3,(H,28,29). The maximum absolute atomic E-state index is 6.40. The fourth-order valence-electron chi connectivity index (χ4n) is 3.71. The van der Waals surface area contributed by atoms with Crippen molar-refractivity contribution in [3.63, 3.8) is 0 Å². The summed E-state index contributed by atoms with van der Waals surface area (Å²) >= 11 is 6.40. The van der Waals surface area contributed by atoms with Gasteiger partial charge in [0.1, 0.15) is 5.82 Å². The Labute approximate surface area is 204 Å². The normalized spacial score (nSPS) is 11.1. The maximum atomic E-state index is 6.40. The van der Waals surface area contributed by atoms with Crippen molar-refractivity contribution in [2.75, 3.05) is 32.7 Å². The summed E-state index contributed by atoms with van der Waals surface area (Å²) in [6.45, 7) is 3.96. The second-order valence-electron chi connectivity index (χ2n) is 7.87. The van der Waals surface area contributed by atoms with E-state index in [0.29, 0.717) is 47.9 Å². The van der Waals surface area contributed by atoms with Crippen molar-refractivity contribution in [2.24, 2.45) is 0 Å². The van der Waals surface area contributed by atoms with Gasteiger partial charge in [-0.25, -0.2) is 4.98 Å². The summed E-state index contributed by atoms with van der Waals surface area (Å²) in [5.41, 5.74) is 6.03. The molecule has 1 N–H and O–H groups in total. The van der Waals surface area contributed by atoms with E-state index in [-0.39, 0.29) is 0 Å². The Balaban J connectivity index is 1.57. The summed E-state index contributed by atoms with van der Waals surface area (Å²) in [5.74, 6) is 1.45. The van der Waals surface area contributed by atoms with Crippen LogP contribution in [0.15, 0.2) is 59.3 Å². The molecule has 0 aliphatic carbocycles. The monoisotopic (exact) mass is 478 g/mol. The molecule has 34 heavy (non-hydrogen) atoms. The molecule has 0 amide bonds. The van der Waals surface area contributed by atoms with Crippen LogP contribution in [0, 0.1) is 6.92 Å². The van der Waals surface area contributed by atoms with Gasteiger partial charge in [-0.1, -0.05) is 47.1 Å². The van der Waals surface area contributed by atoms with Gasteiger partial charge < -0.3 is 19.3 Å². The Morgan fingerprint density at radius 1 is 1.00 bits per heavy atom. The molecule has 2 aromatic heterocycles. The second-order valence-corrected chi connectivity index (χ2v) is 8.28. The number of ether oxygens (including phenoxy) is 2. The van der Waals surface area contributed by atoms with Crippen LogP contribution in [0.4, 0.5) is 5.82 Å². The van der Waals surface area contributed by atoms with Crippen LogP contribution in [0.3, 0.4) is 0 Å². The molecule has 7 nitrogen and oxygen atoms in total. The average molecular weight is 479 g/mol. The van der Waals surface area contributed by atoms with Crippen molar-refractivity contribution < 1.29 is 14.0 Å². The van der Waals surface area contributed by atoms with E-state index in [1.165, 1.54) is 11.1 Å². The highest BCUT2D eigenvalue weighted by atomic mass is 35.5. The van der Waals surface area contributed by atoms with E-state index < -0.39 is 0 Å². The lowest BCUT2D eigenvalue weighted by atomic mass is 9.94. The minimum absolute atomic E-state index is 0.418. The highest BCUT2D eigenvalue weighted by Crippen LogP contribution is 2.32. The van der Waals surface area contributed by atoms with Crippen molar-refractivity contribution in [1.82, 2.24) is 15.1 Å². The van der Waals surface area contributed by atoms with Gasteiger partial charge in [-0.05, 0) is 53.8 Å². The number of hydrogen-bond donors (Lipinski definition) is 1. The third-order valence-corrected chi connectivity index (χ3v) is 5.72. The van der Waals surface area contributed by atoms with E-state index >= 15 is 0 Å². The number of rotatable bonds is 10. The average Bonchev–Trinajstić information content (AvgIpc) is 3.34. The van der Waals surface area contributed by atoms with Crippen molar-refractivity contribution in [2.45, 2.75) is 20.0 Å². The van der Waals surface area contributed by atoms with Gasteiger partial charge >= 0.3 is 0 Å². The zero-order valence-corrected chi connectivity index (χ0v) is 20.2. The molecule has 0 unspecified atom stereocenters. The second kappa shape index (κ2) is 11.2. The van der Waals surface area contributed by atoms with Gasteiger partial charge in [-0.2, -0.15) is 4.98 Å². The number of hydrogen-bond acceptors (Lipinski definition) is 7. The van der Waals surface area contributed by atoms with Gasteiger partial charge in [0.2, 0.25) is 5.82 Å². The SMILES string of the molecule is COCCCNc1ncc(-c2noc(-c3ccc(-c4ccccc4C)c(COC)c3)n2)cc1Cl. The molecule has 0 fully saturated rings. The fourth-order valence-corrected chi connectivity index (χ4v) is 3.94. The number of aromatic nitrogens is 3. The van der Waals surface area contributed by atoms with Crippen molar-refractivity contribution in [1.29, 1.82) is 0 Å². The van der Waals surface area contributed by atoms with Crippen molar-refractivity contribution >= 4 is 17.4 Å². The van der Waals surface area contributed by atoms with Crippen LogP contribution >= 0.6 is 11.6 Å². The van der Waals surface area contributed by atoms with Crippen molar-refractivity contribution in [3.8, 4) is 34.0 Å². The number of methoxy groups -OCH3 is 2. The summed E-state index contributed by atoms with van der Waals surface area (Å²) in [4.78, 5) is 8.98. The van der Waals surface area contributed by atoms with E-state index in [1.54, 1.807) is 26.5 Å². The number of benzene rings is 2. The molecule has 8 heteroatoms. The smallest absolute Gasteiger partial charge is 0.258 e. The molecule has 4 rings (SSSR count). The quantitative estimate of drug-likeness (QED) is 0.279. The molecule has 0 bridgehead atoms. The van der Waals surface area contributed by atoms with Gasteiger partial charge in [0.15, 0.2) is 0 Å². The minimum Gasteiger partial charge on any atom is -0.385 e. The molecule has 0 spiro atoms. The summed E-state index contributed by atoms with van der Waals surface area (Å²) in [5, 5.41) is 7.83. The maximum Gasteiger partial charge on any atom is 0.258 e. The van der Waals surface area contributed by atoms with Crippen molar-refractivity contribution in [3.05, 3.63) is 70.9 Å². The Hall–Kier alpha value is -3.26. The van der Waals surface area contributed by atoms with Crippen LogP contribution < -0.4 is 5.32 Å². The lowest BCUT2D eigenvalue weighted by molar-refractivity contribution is 0.185. The van der Waals surface area contributed by atoms with Crippen LogP contribution in [0.2, 0.25) is 5.02 Å². The van der Waals surface area contributed by atoms with Gasteiger partial charge in [0.05, 0.1) is 11.6 Å². The summed E-state index contributed by atoms with van der Waals surface area (Å²) in [7, 11) is 3.36. The predicted octanol–water partition coefficient (Wildman–Crippen LogP) is 6.02. The fraction of sp³-hybridized carbons (Fsp3) is 0.269. The van der Waals surface area contributed by atoms with Crippen LogP contribution in [-0.2, 0) is 16.1 Å². The molecule has 2 aromatic carbocycles. The lowest BCUT2D eigenvalue weighted by Gasteiger charge is -2.12. The van der Waals surface area contributed by atoms with E-state index in [1.807, 2.05) is 24.3 Å². The Kier molecular flexibility index (Phi) is 7.90. The molecule has 0 aliphatic rings. The summed E-state index contributed by atoms with van der Waals surface area (Å²) in [6, 6.07) is 16.1. The molecular formula is C26H27ClN4O3. The lowest BCUT2D eigenvalue weighted by Crippen LogP contribution is -2.06. The van der Waals surface area contributed by atoms with Crippen LogP contribution in [-0.4, -0.2) is 42.5 Å². The highest BCUT2D eigenvalue weighted by Gasteiger charge is 2.15. The first-order chi connectivity index (χ1) is 16.6. The number of aryl methyl sites for hydroxylation is 1. The van der Waals surface area contributed by atoms with Gasteiger partial charge in [-0.3, -0.25) is 0 Å². The van der Waals surface area contributed by atoms with Crippen LogP contribution in [0.1, 0.15) is 17.5 Å². The largest absolute Gasteiger partial charge is 0.385 e. The zero-order valence-electron chi connectivity index (χ0n) is 19.5. The zero-order chi connectivity index (χ0) is 23.9. The molecule has 176 valence electrons. The molecule has 0 aliphatic heterocycles. The molecule has 0 saturated carbocycles. The first kappa shape index (κ1) is 23.9. The third-order valence-electron chi connectivity index (χ3n) is 5.43. The Bertz CT molecular complexity index is 1260. The number of anilines is 1. The summed E-state index contributed by atoms with van der Waals surface area (Å²) in [6.07, 6.45) is 2.54. The molecule has 2 heterocycles. The van der Waals surface area contributed by atoms with Gasteiger partial charge in [-0.15, -0.1) is 0 Å². The van der Waals surface area contributed by atoms with E-state index in [4.69, 9.17) is 25.6 Å². The molecule has 0 saturated heterocycles. The molecule has 0 atom stereocenters. The number of nitrogens with zero attached hydrogens (tertiary/aromatic N) is 3. The molecule has 4 aromatic rings. The number of pyridine rings is 1. The van der Waals surface area contributed by atoms with Gasteiger partial charge in [0, 0.05) is 44.7 Å². The van der Waals surface area contributed by atoms with Crippen LogP contribution in [0.5, 0.6) is 0 Å². The number of halogens is 1. The van der Waals surface area contributed by atoms with E-state index in [2.05, 4.69) is 45.6 Å². The Morgan fingerprint density at radius 3 is 2.62 bits per heavy atom. The first-order valence-corrected chi connectivity index (χ1v) is 11.4. The highest BCUT2D eigenvalue weighted by molar-refractivity contribution is 6.33. The van der Waals surface area contributed by atoms with Crippen LogP contribution in [0.25, 0.3) is 34.0 Å². The predicted molar refractivity (Wildman–Crippen MR) is 134 cm³/mol. The molecule has 0 radical (unpaired) electrons. The summed E-state index contributed by atoms with van der Waals surface area (Å²) < 4.78 is 16.1. The topological polar surface area (TPSA) is 82.3 Å². The minimum atomic E-state index is 0.418. The third kappa shape index (κ3) is 5.44. The molecular weight excluding hydrogens is 452 g/mol. The van der Waals surface area contributed by atoms with E-state index in [0.717, 1.165) is 23.1 Å². The number of nitrogens with one attached hydrogen (secondary N) is 1. The van der Waals surface area contributed by atoms with Gasteiger partial charge in [0.25, 0.3) is 5.89 Å².